The van der Waals surface area contributed by atoms with E-state index in [0.717, 1.165) is 5.33 Å². The maximum atomic E-state index is 8.57. The third-order valence-corrected chi connectivity index (χ3v) is 4.48. The Balaban J connectivity index is 0. The van der Waals surface area contributed by atoms with Crippen molar-refractivity contribution in [2.24, 2.45) is 0 Å². The lowest BCUT2D eigenvalue weighted by Gasteiger charge is -1.95. The summed E-state index contributed by atoms with van der Waals surface area (Å²) in [6.45, 7) is 0.200. The fraction of sp³-hybridized carbons (Fsp3) is 1.00. The van der Waals surface area contributed by atoms with Gasteiger partial charge in [-0.15, -0.1) is 0 Å². The largest absolute Gasteiger partial charge is 0.395 e. The van der Waals surface area contributed by atoms with Gasteiger partial charge in [0.05, 0.1) is 12.7 Å². The first-order valence-electron chi connectivity index (χ1n) is 3.23. The predicted octanol–water partition coefficient (Wildman–Crippen LogP) is 2.27. The van der Waals surface area contributed by atoms with Crippen LogP contribution in [0.2, 0.25) is 0 Å². The standard InChI is InChI=1S/2C3H6Br2O/c4-1-3(5)2-6;4-1-3(6)2-5/h2*3,6H,1-2H2. The van der Waals surface area contributed by atoms with Crippen molar-refractivity contribution < 1.29 is 10.2 Å². The quantitative estimate of drug-likeness (QED) is 0.665. The van der Waals surface area contributed by atoms with Crippen LogP contribution in [0, 0.1) is 0 Å². The fourth-order valence-corrected chi connectivity index (χ4v) is 1.37. The highest BCUT2D eigenvalue weighted by Crippen LogP contribution is 1.99. The molecule has 0 aliphatic rings. The summed E-state index contributed by atoms with van der Waals surface area (Å²) < 4.78 is 0. The Morgan fingerprint density at radius 2 is 1.42 bits per heavy atom. The lowest BCUT2D eigenvalue weighted by Crippen LogP contribution is -2.07. The van der Waals surface area contributed by atoms with E-state index in [-0.39, 0.29) is 17.5 Å². The summed E-state index contributed by atoms with van der Waals surface area (Å²) in [6, 6.07) is 0. The maximum absolute atomic E-state index is 8.57. The zero-order valence-electron chi connectivity index (χ0n) is 6.39. The molecule has 0 heterocycles. The lowest BCUT2D eigenvalue weighted by atomic mass is 10.5. The van der Waals surface area contributed by atoms with Gasteiger partial charge < -0.3 is 10.2 Å². The lowest BCUT2D eigenvalue weighted by molar-refractivity contribution is 0.227. The molecule has 0 aliphatic heterocycles. The first kappa shape index (κ1) is 16.3. The van der Waals surface area contributed by atoms with Crippen LogP contribution in [-0.4, -0.2) is 43.7 Å². The van der Waals surface area contributed by atoms with E-state index in [0.29, 0.717) is 10.7 Å². The second-order valence-electron chi connectivity index (χ2n) is 1.90. The molecular weight excluding hydrogens is 424 g/mol. The minimum Gasteiger partial charge on any atom is -0.395 e. The van der Waals surface area contributed by atoms with E-state index in [1.54, 1.807) is 0 Å². The van der Waals surface area contributed by atoms with Gasteiger partial charge in [0, 0.05) is 20.8 Å². The molecule has 0 bridgehead atoms. The topological polar surface area (TPSA) is 40.5 Å². The minimum absolute atomic E-state index is 0.200. The number of alkyl halides is 4. The Bertz CT molecular complexity index is 65.9. The van der Waals surface area contributed by atoms with Gasteiger partial charge in [-0.05, 0) is 0 Å². The van der Waals surface area contributed by atoms with Crippen LogP contribution in [0.1, 0.15) is 0 Å². The van der Waals surface area contributed by atoms with Crippen LogP contribution in [-0.2, 0) is 0 Å². The molecule has 1 unspecified atom stereocenters. The molecule has 76 valence electrons. The van der Waals surface area contributed by atoms with Gasteiger partial charge in [0.2, 0.25) is 0 Å². The second-order valence-corrected chi connectivity index (χ2v) is 5.13. The van der Waals surface area contributed by atoms with Crippen molar-refractivity contribution >= 4 is 63.7 Å². The highest BCUT2D eigenvalue weighted by Gasteiger charge is 1.94. The SMILES string of the molecule is OC(CBr)CBr.OCC(Br)CBr. The Kier molecular flexibility index (Phi) is 17.4. The monoisotopic (exact) mass is 432 g/mol. The molecule has 0 amide bonds. The number of aliphatic hydroxyl groups is 2. The second kappa shape index (κ2) is 12.8. The van der Waals surface area contributed by atoms with Crippen LogP contribution in [0.5, 0.6) is 0 Å². The average Bonchev–Trinajstić information content (AvgIpc) is 2.16. The van der Waals surface area contributed by atoms with E-state index in [2.05, 4.69) is 63.7 Å². The van der Waals surface area contributed by atoms with Crippen molar-refractivity contribution in [2.45, 2.75) is 10.9 Å². The van der Waals surface area contributed by atoms with Crippen LogP contribution in [0.25, 0.3) is 0 Å². The molecule has 0 aromatic heterocycles. The van der Waals surface area contributed by atoms with Crippen molar-refractivity contribution in [1.82, 2.24) is 0 Å². The molecule has 0 radical (unpaired) electrons. The predicted molar refractivity (Wildman–Crippen MR) is 67.2 cm³/mol. The summed E-state index contributed by atoms with van der Waals surface area (Å²) >= 11 is 12.5. The number of rotatable bonds is 4. The Morgan fingerprint density at radius 3 is 1.42 bits per heavy atom. The zero-order valence-corrected chi connectivity index (χ0v) is 12.7. The van der Waals surface area contributed by atoms with Crippen LogP contribution < -0.4 is 0 Å². The smallest absolute Gasteiger partial charge is 0.0733 e. The molecule has 0 aliphatic carbocycles. The summed E-state index contributed by atoms with van der Waals surface area (Å²) in [5.41, 5.74) is 0. The maximum Gasteiger partial charge on any atom is 0.0733 e. The van der Waals surface area contributed by atoms with Gasteiger partial charge in [-0.2, -0.15) is 0 Å². The van der Waals surface area contributed by atoms with Crippen molar-refractivity contribution in [2.75, 3.05) is 22.6 Å². The molecule has 2 nitrogen and oxygen atoms in total. The van der Waals surface area contributed by atoms with Gasteiger partial charge in [0.25, 0.3) is 0 Å². The molecule has 0 fully saturated rings. The van der Waals surface area contributed by atoms with Gasteiger partial charge in [0.1, 0.15) is 0 Å². The van der Waals surface area contributed by atoms with Crippen molar-refractivity contribution in [1.29, 1.82) is 0 Å². The zero-order chi connectivity index (χ0) is 9.98. The molecule has 0 rings (SSSR count). The van der Waals surface area contributed by atoms with Gasteiger partial charge in [-0.3, -0.25) is 0 Å². The number of hydrogen-bond acceptors (Lipinski definition) is 2. The number of aliphatic hydroxyl groups excluding tert-OH is 2. The van der Waals surface area contributed by atoms with E-state index in [1.165, 1.54) is 0 Å². The third kappa shape index (κ3) is 14.4. The van der Waals surface area contributed by atoms with E-state index in [4.69, 9.17) is 10.2 Å². The van der Waals surface area contributed by atoms with Crippen LogP contribution in [0.15, 0.2) is 0 Å². The first-order chi connectivity index (χ1) is 5.62. The summed E-state index contributed by atoms with van der Waals surface area (Å²) in [4.78, 5) is 0.220. The number of halogens is 4. The summed E-state index contributed by atoms with van der Waals surface area (Å²) in [5.74, 6) is 0. The molecule has 0 aromatic carbocycles. The summed E-state index contributed by atoms with van der Waals surface area (Å²) in [5, 5.41) is 18.9. The van der Waals surface area contributed by atoms with E-state index < -0.39 is 0 Å². The molecule has 0 saturated carbocycles. The van der Waals surface area contributed by atoms with Crippen LogP contribution in [0.4, 0.5) is 0 Å². The minimum atomic E-state index is -0.231. The average molecular weight is 436 g/mol. The summed E-state index contributed by atoms with van der Waals surface area (Å²) in [7, 11) is 0. The van der Waals surface area contributed by atoms with Gasteiger partial charge in [-0.1, -0.05) is 63.7 Å². The Morgan fingerprint density at radius 1 is 1.00 bits per heavy atom. The molecule has 6 heteroatoms. The van der Waals surface area contributed by atoms with Crippen molar-refractivity contribution in [3.63, 3.8) is 0 Å². The molecule has 0 spiro atoms. The van der Waals surface area contributed by atoms with E-state index in [1.807, 2.05) is 0 Å². The van der Waals surface area contributed by atoms with Gasteiger partial charge in [0.15, 0.2) is 0 Å². The highest BCUT2D eigenvalue weighted by atomic mass is 79.9. The van der Waals surface area contributed by atoms with Crippen molar-refractivity contribution in [3.8, 4) is 0 Å². The van der Waals surface area contributed by atoms with Crippen LogP contribution in [0.3, 0.4) is 0 Å². The Hall–Kier alpha value is 1.84. The molecule has 0 saturated heterocycles. The van der Waals surface area contributed by atoms with Gasteiger partial charge in [-0.25, -0.2) is 0 Å². The fourth-order valence-electron chi connectivity index (χ4n) is 0.0900. The third-order valence-electron chi connectivity index (χ3n) is 0.722. The highest BCUT2D eigenvalue weighted by molar-refractivity contribution is 9.12. The Labute approximate surface area is 107 Å². The van der Waals surface area contributed by atoms with Gasteiger partial charge >= 0.3 is 0 Å². The van der Waals surface area contributed by atoms with E-state index >= 15 is 0 Å². The molecule has 0 aromatic rings. The van der Waals surface area contributed by atoms with Crippen LogP contribution >= 0.6 is 63.7 Å². The molecular formula is C6H12Br4O2. The molecule has 12 heavy (non-hydrogen) atoms. The first-order valence-corrected chi connectivity index (χ1v) is 7.51. The number of hydrogen-bond donors (Lipinski definition) is 2. The molecule has 2 N–H and O–H groups in total. The normalized spacial score (nSPS) is 12.2. The summed E-state index contributed by atoms with van der Waals surface area (Å²) in [6.07, 6.45) is -0.231. The van der Waals surface area contributed by atoms with Crippen molar-refractivity contribution in [3.05, 3.63) is 0 Å². The molecule has 1 atom stereocenters. The van der Waals surface area contributed by atoms with E-state index in [9.17, 15) is 0 Å².